The Bertz CT molecular complexity index is 834. The van der Waals surface area contributed by atoms with Crippen LogP contribution in [0.3, 0.4) is 0 Å². The van der Waals surface area contributed by atoms with Crippen LogP contribution in [0.1, 0.15) is 30.9 Å². The van der Waals surface area contributed by atoms with E-state index >= 15 is 0 Å². The summed E-state index contributed by atoms with van der Waals surface area (Å²) in [5, 5.41) is 0.653. The molecule has 0 unspecified atom stereocenters. The van der Waals surface area contributed by atoms with Gasteiger partial charge in [-0.15, -0.1) is 5.54 Å². The Morgan fingerprint density at radius 3 is 2.36 bits per heavy atom. The molecule has 0 atom stereocenters. The smallest absolute Gasteiger partial charge is 0.129 e. The zero-order chi connectivity index (χ0) is 18.6. The lowest BCUT2D eigenvalue weighted by Gasteiger charge is -2.12. The lowest BCUT2D eigenvalue weighted by molar-refractivity contribution is 0.867. The SMILES string of the molecule is CC(C)c1ccccc1/N=C(\C#C[Si](C)(C)C)c1c(Cl)cccc1Br. The summed E-state index contributed by atoms with van der Waals surface area (Å²) < 4.78 is 0.908. The molecule has 0 heterocycles. The van der Waals surface area contributed by atoms with Gasteiger partial charge >= 0.3 is 0 Å². The number of hydrogen-bond acceptors (Lipinski definition) is 1. The molecule has 0 bridgehead atoms. The molecule has 130 valence electrons. The van der Waals surface area contributed by atoms with Gasteiger partial charge in [0.1, 0.15) is 13.8 Å². The third-order valence-corrected chi connectivity index (χ3v) is 5.40. The topological polar surface area (TPSA) is 12.4 Å². The van der Waals surface area contributed by atoms with Gasteiger partial charge in [-0.3, -0.25) is 0 Å². The Hall–Kier alpha value is -1.34. The number of aliphatic imine (C=N–C) groups is 1. The number of nitrogens with zero attached hydrogens (tertiary/aromatic N) is 1. The number of para-hydroxylation sites is 1. The molecule has 0 fully saturated rings. The van der Waals surface area contributed by atoms with Crippen molar-refractivity contribution in [1.82, 2.24) is 0 Å². The van der Waals surface area contributed by atoms with E-state index in [0.717, 1.165) is 15.7 Å². The zero-order valence-electron chi connectivity index (χ0n) is 15.3. The summed E-state index contributed by atoms with van der Waals surface area (Å²) in [6.45, 7) is 11.0. The Labute approximate surface area is 165 Å². The molecule has 0 N–H and O–H groups in total. The number of rotatable bonds is 3. The Morgan fingerprint density at radius 1 is 1.08 bits per heavy atom. The molecule has 25 heavy (non-hydrogen) atoms. The van der Waals surface area contributed by atoms with Crippen molar-refractivity contribution in [2.45, 2.75) is 39.4 Å². The normalized spacial score (nSPS) is 12.1. The summed E-state index contributed by atoms with van der Waals surface area (Å²) in [4.78, 5) is 4.93. The van der Waals surface area contributed by atoms with E-state index in [4.69, 9.17) is 16.6 Å². The molecule has 0 aliphatic rings. The van der Waals surface area contributed by atoms with Gasteiger partial charge in [-0.1, -0.05) is 91.2 Å². The molecule has 2 aromatic carbocycles. The third kappa shape index (κ3) is 5.57. The van der Waals surface area contributed by atoms with Crippen LogP contribution in [0.2, 0.25) is 24.7 Å². The fourth-order valence-corrected chi connectivity index (χ4v) is 3.74. The van der Waals surface area contributed by atoms with E-state index < -0.39 is 8.07 Å². The summed E-state index contributed by atoms with van der Waals surface area (Å²) in [6, 6.07) is 14.0. The second kappa shape index (κ2) is 8.36. The Balaban J connectivity index is 2.70. The van der Waals surface area contributed by atoms with Crippen LogP contribution >= 0.6 is 27.5 Å². The highest BCUT2D eigenvalue weighted by molar-refractivity contribution is 9.10. The second-order valence-corrected chi connectivity index (χ2v) is 13.3. The largest absolute Gasteiger partial charge is 0.239 e. The summed E-state index contributed by atoms with van der Waals surface area (Å²) in [5.41, 5.74) is 7.15. The van der Waals surface area contributed by atoms with Crippen molar-refractivity contribution in [3.05, 3.63) is 63.1 Å². The maximum Gasteiger partial charge on any atom is 0.129 e. The first-order chi connectivity index (χ1) is 11.7. The monoisotopic (exact) mass is 431 g/mol. The maximum absolute atomic E-state index is 6.48. The minimum atomic E-state index is -1.54. The molecule has 0 saturated carbocycles. The molecule has 0 aliphatic carbocycles. The minimum Gasteiger partial charge on any atom is -0.239 e. The van der Waals surface area contributed by atoms with Crippen molar-refractivity contribution >= 4 is 47.0 Å². The standard InChI is InChI=1S/C21H23BrClNSi/c1-15(2)16-9-6-7-12-19(16)24-20(13-14-25(3,4)5)21-17(22)10-8-11-18(21)23/h6-12,15H,1-5H3/b24-20+. The zero-order valence-corrected chi connectivity index (χ0v) is 18.7. The van der Waals surface area contributed by atoms with E-state index in [2.05, 4.69) is 66.9 Å². The Morgan fingerprint density at radius 2 is 1.76 bits per heavy atom. The lowest BCUT2D eigenvalue weighted by Crippen LogP contribution is -2.17. The van der Waals surface area contributed by atoms with Crippen LogP contribution in [-0.4, -0.2) is 13.8 Å². The average molecular weight is 433 g/mol. The van der Waals surface area contributed by atoms with Crippen molar-refractivity contribution in [2.75, 3.05) is 0 Å². The van der Waals surface area contributed by atoms with Crippen LogP contribution in [0.25, 0.3) is 0 Å². The van der Waals surface area contributed by atoms with Gasteiger partial charge in [0, 0.05) is 10.0 Å². The number of hydrogen-bond donors (Lipinski definition) is 0. The molecule has 0 radical (unpaired) electrons. The summed E-state index contributed by atoms with van der Waals surface area (Å²) in [5.74, 6) is 3.71. The molecule has 0 aromatic heterocycles. The van der Waals surface area contributed by atoms with Crippen molar-refractivity contribution in [1.29, 1.82) is 0 Å². The van der Waals surface area contributed by atoms with Gasteiger partial charge in [0.05, 0.1) is 10.7 Å². The van der Waals surface area contributed by atoms with E-state index in [0.29, 0.717) is 16.7 Å². The van der Waals surface area contributed by atoms with Gasteiger partial charge in [0.2, 0.25) is 0 Å². The molecular weight excluding hydrogens is 410 g/mol. The first kappa shape index (κ1) is 20.0. The predicted octanol–water partition coefficient (Wildman–Crippen LogP) is 7.23. The maximum atomic E-state index is 6.48. The predicted molar refractivity (Wildman–Crippen MR) is 117 cm³/mol. The van der Waals surface area contributed by atoms with E-state index in [1.165, 1.54) is 5.56 Å². The summed E-state index contributed by atoms with van der Waals surface area (Å²) >= 11 is 10.1. The first-order valence-electron chi connectivity index (χ1n) is 8.34. The first-order valence-corrected chi connectivity index (χ1v) is 13.0. The molecule has 1 nitrogen and oxygen atoms in total. The van der Waals surface area contributed by atoms with E-state index in [1.54, 1.807) is 0 Å². The lowest BCUT2D eigenvalue weighted by atomic mass is 10.0. The molecule has 2 aromatic rings. The van der Waals surface area contributed by atoms with Crippen molar-refractivity contribution < 1.29 is 0 Å². The van der Waals surface area contributed by atoms with Gasteiger partial charge in [0.25, 0.3) is 0 Å². The molecule has 2 rings (SSSR count). The van der Waals surface area contributed by atoms with E-state index in [1.807, 2.05) is 36.4 Å². The highest BCUT2D eigenvalue weighted by Crippen LogP contribution is 2.30. The molecule has 0 amide bonds. The minimum absolute atomic E-state index is 0.390. The molecule has 0 spiro atoms. The van der Waals surface area contributed by atoms with Crippen LogP contribution < -0.4 is 0 Å². The fraction of sp³-hybridized carbons (Fsp3) is 0.286. The highest BCUT2D eigenvalue weighted by Gasteiger charge is 2.14. The van der Waals surface area contributed by atoms with Crippen molar-refractivity contribution in [2.24, 2.45) is 4.99 Å². The van der Waals surface area contributed by atoms with Gasteiger partial charge in [0.15, 0.2) is 0 Å². The van der Waals surface area contributed by atoms with E-state index in [9.17, 15) is 0 Å². The highest BCUT2D eigenvalue weighted by atomic mass is 79.9. The second-order valence-electron chi connectivity index (χ2n) is 7.27. The van der Waals surface area contributed by atoms with Crippen LogP contribution in [0.5, 0.6) is 0 Å². The van der Waals surface area contributed by atoms with E-state index in [-0.39, 0.29) is 0 Å². The van der Waals surface area contributed by atoms with Crippen LogP contribution in [0.15, 0.2) is 51.9 Å². The van der Waals surface area contributed by atoms with Crippen LogP contribution in [0.4, 0.5) is 5.69 Å². The van der Waals surface area contributed by atoms with Gasteiger partial charge in [-0.05, 0) is 29.7 Å². The van der Waals surface area contributed by atoms with Gasteiger partial charge in [-0.25, -0.2) is 4.99 Å². The van der Waals surface area contributed by atoms with Crippen LogP contribution in [0, 0.1) is 11.5 Å². The molecule has 0 aliphatic heterocycles. The Kier molecular flexibility index (Phi) is 6.68. The molecule has 0 saturated heterocycles. The number of benzene rings is 2. The molecule has 4 heteroatoms. The fourth-order valence-electron chi connectivity index (χ4n) is 2.32. The van der Waals surface area contributed by atoms with Crippen molar-refractivity contribution in [3.63, 3.8) is 0 Å². The molecular formula is C21H23BrClNSi. The number of halogens is 2. The third-order valence-electron chi connectivity index (χ3n) is 3.55. The summed E-state index contributed by atoms with van der Waals surface area (Å²) in [6.07, 6.45) is 0. The van der Waals surface area contributed by atoms with Crippen molar-refractivity contribution in [3.8, 4) is 11.5 Å². The average Bonchev–Trinajstić information content (AvgIpc) is 2.51. The summed E-state index contributed by atoms with van der Waals surface area (Å²) in [7, 11) is -1.54. The quantitative estimate of drug-likeness (QED) is 0.275. The van der Waals surface area contributed by atoms with Gasteiger partial charge < -0.3 is 0 Å². The van der Waals surface area contributed by atoms with Gasteiger partial charge in [-0.2, -0.15) is 0 Å². The van der Waals surface area contributed by atoms with Crippen LogP contribution in [-0.2, 0) is 0 Å².